The summed E-state index contributed by atoms with van der Waals surface area (Å²) < 4.78 is 0. The van der Waals surface area contributed by atoms with Crippen molar-refractivity contribution in [3.8, 4) is 0 Å². The number of amides is 3. The number of hydrogen-bond donors (Lipinski definition) is 3. The lowest BCUT2D eigenvalue weighted by molar-refractivity contribution is 0.100. The van der Waals surface area contributed by atoms with Crippen LogP contribution in [0.1, 0.15) is 27.2 Å². The summed E-state index contributed by atoms with van der Waals surface area (Å²) in [7, 11) is 0. The number of nitrogens with one attached hydrogen (secondary N) is 2. The number of anilines is 2. The van der Waals surface area contributed by atoms with E-state index in [9.17, 15) is 9.59 Å². The van der Waals surface area contributed by atoms with E-state index in [1.807, 2.05) is 61.5 Å². The second-order valence-electron chi connectivity index (χ2n) is 7.54. The van der Waals surface area contributed by atoms with Gasteiger partial charge in [-0.25, -0.2) is 14.8 Å². The van der Waals surface area contributed by atoms with Gasteiger partial charge in [-0.1, -0.05) is 36.4 Å². The number of para-hydroxylation sites is 1. The van der Waals surface area contributed by atoms with Crippen LogP contribution >= 0.6 is 0 Å². The second kappa shape index (κ2) is 9.26. The van der Waals surface area contributed by atoms with E-state index in [4.69, 9.17) is 5.73 Å². The van der Waals surface area contributed by atoms with Gasteiger partial charge in [-0.15, -0.1) is 0 Å². The number of primary amides is 1. The number of aryl methyl sites for hydroxylation is 3. The molecule has 1 aromatic heterocycles. The highest BCUT2D eigenvalue weighted by Gasteiger charge is 2.11. The molecule has 4 aromatic rings. The highest BCUT2D eigenvalue weighted by atomic mass is 16.2. The van der Waals surface area contributed by atoms with Crippen LogP contribution in [-0.4, -0.2) is 21.9 Å². The summed E-state index contributed by atoms with van der Waals surface area (Å²) in [6.07, 6.45) is 2.82. The lowest BCUT2D eigenvalue weighted by Gasteiger charge is -2.10. The van der Waals surface area contributed by atoms with E-state index < -0.39 is 5.91 Å². The first-order valence-corrected chi connectivity index (χ1v) is 10.3. The largest absolute Gasteiger partial charge is 0.366 e. The van der Waals surface area contributed by atoms with Crippen molar-refractivity contribution in [3.05, 3.63) is 95.4 Å². The molecular weight excluding hydrogens is 402 g/mol. The summed E-state index contributed by atoms with van der Waals surface area (Å²) in [4.78, 5) is 32.7. The molecule has 0 bridgehead atoms. The topological polar surface area (TPSA) is 110 Å². The van der Waals surface area contributed by atoms with Gasteiger partial charge in [-0.3, -0.25) is 4.79 Å². The zero-order valence-electron chi connectivity index (χ0n) is 17.6. The van der Waals surface area contributed by atoms with Gasteiger partial charge in [0, 0.05) is 16.8 Å². The van der Waals surface area contributed by atoms with Crippen LogP contribution in [0.15, 0.2) is 73.1 Å². The van der Waals surface area contributed by atoms with Crippen LogP contribution in [0, 0.1) is 6.92 Å². The van der Waals surface area contributed by atoms with Crippen LogP contribution in [0.5, 0.6) is 0 Å². The highest BCUT2D eigenvalue weighted by Crippen LogP contribution is 2.21. The monoisotopic (exact) mass is 425 g/mol. The first-order valence-electron chi connectivity index (χ1n) is 10.3. The molecule has 4 rings (SSSR count). The minimum atomic E-state index is -0.511. The average Bonchev–Trinajstić information content (AvgIpc) is 2.77. The molecule has 160 valence electrons. The van der Waals surface area contributed by atoms with Gasteiger partial charge in [0.15, 0.2) is 0 Å². The molecule has 0 aliphatic rings. The molecule has 1 heterocycles. The van der Waals surface area contributed by atoms with Crippen molar-refractivity contribution in [2.45, 2.75) is 19.8 Å². The van der Waals surface area contributed by atoms with E-state index >= 15 is 0 Å². The van der Waals surface area contributed by atoms with Crippen molar-refractivity contribution >= 4 is 34.2 Å². The van der Waals surface area contributed by atoms with Crippen molar-refractivity contribution < 1.29 is 9.59 Å². The van der Waals surface area contributed by atoms with Crippen LogP contribution in [-0.2, 0) is 12.8 Å². The summed E-state index contributed by atoms with van der Waals surface area (Å²) in [6, 6.07) is 20.4. The van der Waals surface area contributed by atoms with Gasteiger partial charge < -0.3 is 16.4 Å². The molecule has 0 saturated carbocycles. The molecule has 0 radical (unpaired) electrons. The molecule has 3 amide bonds. The molecule has 0 atom stereocenters. The van der Waals surface area contributed by atoms with Gasteiger partial charge in [-0.2, -0.15) is 0 Å². The van der Waals surface area contributed by atoms with Crippen molar-refractivity contribution in [1.29, 1.82) is 0 Å². The Kier molecular flexibility index (Phi) is 6.07. The predicted octanol–water partition coefficient (Wildman–Crippen LogP) is 4.47. The number of rotatable bonds is 6. The fourth-order valence-corrected chi connectivity index (χ4v) is 3.62. The fraction of sp³-hybridized carbons (Fsp3) is 0.120. The van der Waals surface area contributed by atoms with Crippen LogP contribution in [0.4, 0.5) is 16.2 Å². The SMILES string of the molecule is Cc1cccc(NC(=O)Nc2cccc(CCc3ncnc4c(C(N)=O)cccc34)c2)c1. The van der Waals surface area contributed by atoms with Crippen LogP contribution < -0.4 is 16.4 Å². The first-order chi connectivity index (χ1) is 15.5. The summed E-state index contributed by atoms with van der Waals surface area (Å²) >= 11 is 0. The Morgan fingerprint density at radius 3 is 2.34 bits per heavy atom. The van der Waals surface area contributed by atoms with E-state index in [0.717, 1.165) is 27.9 Å². The summed E-state index contributed by atoms with van der Waals surface area (Å²) in [5.41, 5.74) is 10.8. The molecule has 3 aromatic carbocycles. The molecule has 7 heteroatoms. The smallest absolute Gasteiger partial charge is 0.323 e. The first kappa shape index (κ1) is 21.0. The normalized spacial score (nSPS) is 10.7. The molecule has 4 N–H and O–H groups in total. The quantitative estimate of drug-likeness (QED) is 0.423. The third-order valence-electron chi connectivity index (χ3n) is 5.12. The minimum absolute atomic E-state index is 0.298. The molecule has 0 unspecified atom stereocenters. The maximum atomic E-state index is 12.3. The Morgan fingerprint density at radius 2 is 1.59 bits per heavy atom. The highest BCUT2D eigenvalue weighted by molar-refractivity contribution is 6.05. The molecule has 0 saturated heterocycles. The Bertz CT molecular complexity index is 1300. The van der Waals surface area contributed by atoms with Gasteiger partial charge in [0.25, 0.3) is 5.91 Å². The van der Waals surface area contributed by atoms with Gasteiger partial charge in [0.1, 0.15) is 6.33 Å². The average molecular weight is 425 g/mol. The number of fused-ring (bicyclic) bond motifs is 1. The van der Waals surface area contributed by atoms with E-state index in [2.05, 4.69) is 20.6 Å². The number of benzene rings is 3. The molecule has 7 nitrogen and oxygen atoms in total. The number of urea groups is 1. The molecular formula is C25H23N5O2. The van der Waals surface area contributed by atoms with Crippen LogP contribution in [0.25, 0.3) is 10.9 Å². The third-order valence-corrected chi connectivity index (χ3v) is 5.12. The number of carbonyl (C=O) groups is 2. The van der Waals surface area contributed by atoms with Crippen molar-refractivity contribution in [3.63, 3.8) is 0 Å². The molecule has 32 heavy (non-hydrogen) atoms. The summed E-state index contributed by atoms with van der Waals surface area (Å²) in [5.74, 6) is -0.511. The Morgan fingerprint density at radius 1 is 0.875 bits per heavy atom. The zero-order valence-corrected chi connectivity index (χ0v) is 17.6. The number of aromatic nitrogens is 2. The Labute approximate surface area is 185 Å². The van der Waals surface area contributed by atoms with Gasteiger partial charge in [-0.05, 0) is 61.2 Å². The molecule has 0 aliphatic heterocycles. The van der Waals surface area contributed by atoms with Crippen molar-refractivity contribution in [1.82, 2.24) is 9.97 Å². The van der Waals surface area contributed by atoms with E-state index in [1.54, 1.807) is 12.1 Å². The van der Waals surface area contributed by atoms with Gasteiger partial charge in [0.2, 0.25) is 0 Å². The number of carbonyl (C=O) groups excluding carboxylic acids is 2. The lowest BCUT2D eigenvalue weighted by atomic mass is 10.0. The van der Waals surface area contributed by atoms with Gasteiger partial charge >= 0.3 is 6.03 Å². The van der Waals surface area contributed by atoms with E-state index in [1.165, 1.54) is 6.33 Å². The molecule has 0 aliphatic carbocycles. The Hall–Kier alpha value is -4.26. The third kappa shape index (κ3) is 4.89. The van der Waals surface area contributed by atoms with Crippen LogP contribution in [0.3, 0.4) is 0 Å². The number of nitrogens with two attached hydrogens (primary N) is 1. The maximum Gasteiger partial charge on any atom is 0.323 e. The molecule has 0 fully saturated rings. The predicted molar refractivity (Wildman–Crippen MR) is 126 cm³/mol. The second-order valence-corrected chi connectivity index (χ2v) is 7.54. The number of hydrogen-bond acceptors (Lipinski definition) is 4. The van der Waals surface area contributed by atoms with Crippen LogP contribution in [0.2, 0.25) is 0 Å². The van der Waals surface area contributed by atoms with E-state index in [-0.39, 0.29) is 6.03 Å². The van der Waals surface area contributed by atoms with Crippen molar-refractivity contribution in [2.24, 2.45) is 5.73 Å². The van der Waals surface area contributed by atoms with E-state index in [0.29, 0.717) is 29.6 Å². The zero-order chi connectivity index (χ0) is 22.5. The van der Waals surface area contributed by atoms with Gasteiger partial charge in [0.05, 0.1) is 16.8 Å². The maximum absolute atomic E-state index is 12.3. The number of nitrogens with zero attached hydrogens (tertiary/aromatic N) is 2. The lowest BCUT2D eigenvalue weighted by Crippen LogP contribution is -2.19. The van der Waals surface area contributed by atoms with Crippen molar-refractivity contribution in [2.75, 3.05) is 10.6 Å². The summed E-state index contributed by atoms with van der Waals surface area (Å²) in [6.45, 7) is 1.97. The molecule has 0 spiro atoms. The standard InChI is InChI=1S/C25H23N5O2/c1-16-5-2-7-18(13-16)29-25(32)30-19-8-3-6-17(14-19)11-12-22-20-9-4-10-21(24(26)31)23(20)28-15-27-22/h2-10,13-15H,11-12H2,1H3,(H2,26,31)(H2,29,30,32). The fourth-order valence-electron chi connectivity index (χ4n) is 3.62. The Balaban J connectivity index is 1.45. The minimum Gasteiger partial charge on any atom is -0.366 e. The summed E-state index contributed by atoms with van der Waals surface area (Å²) in [5, 5.41) is 6.52.